The maximum absolute atomic E-state index is 13.4. The van der Waals surface area contributed by atoms with Crippen LogP contribution in [0.4, 0.5) is 0 Å². The van der Waals surface area contributed by atoms with Crippen LogP contribution in [0.25, 0.3) is 20.9 Å². The van der Waals surface area contributed by atoms with E-state index < -0.39 is 30.1 Å². The molecule has 4 atom stereocenters. The highest BCUT2D eigenvalue weighted by Gasteiger charge is 2.31. The van der Waals surface area contributed by atoms with Gasteiger partial charge in [0, 0.05) is 137 Å². The number of allylic oxidation sites excluding steroid dienone is 12. The molecule has 8 aliphatic rings. The predicted octanol–water partition coefficient (Wildman–Crippen LogP) is 21.6. The van der Waals surface area contributed by atoms with E-state index in [4.69, 9.17) is 84.0 Å². The molecule has 4 fully saturated rings. The highest BCUT2D eigenvalue weighted by molar-refractivity contribution is 6.33. The van der Waals surface area contributed by atoms with Gasteiger partial charge in [0.25, 0.3) is 23.6 Å². The monoisotopic (exact) mass is 2050 g/mol. The Balaban J connectivity index is 0.000000217. The largest absolute Gasteiger partial charge is 0.458 e. The number of benzene rings is 4. The van der Waals surface area contributed by atoms with Crippen molar-refractivity contribution in [1.82, 2.24) is 19.6 Å². The van der Waals surface area contributed by atoms with Crippen molar-refractivity contribution in [2.75, 3.05) is 105 Å². The topological polar surface area (TPSA) is 422 Å². The summed E-state index contributed by atoms with van der Waals surface area (Å²) in [5, 5.41) is 25.4. The van der Waals surface area contributed by atoms with Gasteiger partial charge in [0.2, 0.25) is 0 Å². The Morgan fingerprint density at radius 2 is 0.596 bits per heavy atom. The number of nitrogens with zero attached hydrogens (tertiary/aromatic N) is 14. The summed E-state index contributed by atoms with van der Waals surface area (Å²) in [4.78, 5) is 138. The second-order valence-corrected chi connectivity index (χ2v) is 38.7. The molecule has 788 valence electrons. The Morgan fingerprint density at radius 3 is 0.870 bits per heavy atom. The number of cyclic esters (lactones) is 4. The number of azide groups is 2. The maximum atomic E-state index is 13.4. The van der Waals surface area contributed by atoms with Crippen LogP contribution in [0.3, 0.4) is 0 Å². The van der Waals surface area contributed by atoms with Gasteiger partial charge in [-0.15, -0.1) is 0 Å². The Morgan fingerprint density at radius 1 is 0.342 bits per heavy atom. The first kappa shape index (κ1) is 117. The number of halogens is 2. The molecular formula is C112H150Cl2N16O16. The van der Waals surface area contributed by atoms with Crippen LogP contribution in [0.2, 0.25) is 10.0 Å². The smallest absolute Gasteiger partial charge is 0.339 e. The average molecular weight is 2050 g/mol. The van der Waals surface area contributed by atoms with Gasteiger partial charge in [0.15, 0.2) is 26.4 Å². The molecular weight excluding hydrogens is 1900 g/mol. The second kappa shape index (κ2) is 65.2. The number of esters is 4. The first-order valence-corrected chi connectivity index (χ1v) is 52.7. The van der Waals surface area contributed by atoms with E-state index >= 15 is 0 Å². The number of oxime groups is 4. The molecule has 4 aromatic rings. The summed E-state index contributed by atoms with van der Waals surface area (Å²) in [5.74, 6) is -1.89. The number of piperidine rings is 4. The van der Waals surface area contributed by atoms with Gasteiger partial charge in [-0.3, -0.25) is 19.2 Å². The number of carbonyl (C=O) groups is 8. The first-order valence-electron chi connectivity index (χ1n) is 51.9. The first-order chi connectivity index (χ1) is 70.7. The van der Waals surface area contributed by atoms with Crippen LogP contribution in [0.5, 0.6) is 0 Å². The van der Waals surface area contributed by atoms with Gasteiger partial charge < -0.3 is 69.4 Å². The third-order valence-corrected chi connectivity index (χ3v) is 27.1. The van der Waals surface area contributed by atoms with Crippen LogP contribution in [0.15, 0.2) is 164 Å². The Hall–Kier alpha value is -12.4. The zero-order valence-corrected chi connectivity index (χ0v) is 88.2. The summed E-state index contributed by atoms with van der Waals surface area (Å²) < 4.78 is 23.6. The average Bonchev–Trinajstić information content (AvgIpc) is 0.800. The SMILES string of the molecule is Cc1cc(C)c2c(c1)CC(=NOCC(=O)N1CCCCC1)/C=C/CC/C=C/CC(CCN)OC2=O.Cc1cc(C)c2c(c1)CC(=NOCC(=O)N1CCCCC1)/C=C/CC/C=C/CC(CCN=[N+]=[N-])OC2=O.Cc1cc(C)c2c(c1Cl)CC(=NOCC(=O)N1CCCCC1)/C=C/CC/C=C/CC(CCN)OC2=O.Cc1cc(C)c2c(c1Cl)CC(=NOCC(=O)N1CCCCC1)/C=C/CC/C=C/CC(CCN=[N+]=[N-])OC2=O. The third kappa shape index (κ3) is 40.4. The normalized spacial score (nSPS) is 22.0. The van der Waals surface area contributed by atoms with E-state index in [0.717, 1.165) is 230 Å². The van der Waals surface area contributed by atoms with E-state index in [1.54, 1.807) is 0 Å². The molecule has 4 saturated heterocycles. The van der Waals surface area contributed by atoms with E-state index in [0.29, 0.717) is 144 Å². The summed E-state index contributed by atoms with van der Waals surface area (Å²) in [6.45, 7) is 22.4. The summed E-state index contributed by atoms with van der Waals surface area (Å²) >= 11 is 13.5. The third-order valence-electron chi connectivity index (χ3n) is 26.0. The minimum absolute atomic E-state index is 0.0364. The molecule has 0 saturated carbocycles. The van der Waals surface area contributed by atoms with Crippen molar-refractivity contribution in [2.45, 2.75) is 285 Å². The zero-order chi connectivity index (χ0) is 105. The number of likely N-dealkylation sites (tertiary alicyclic amines) is 4. The van der Waals surface area contributed by atoms with Crippen molar-refractivity contribution >= 4 is 93.6 Å². The zero-order valence-electron chi connectivity index (χ0n) is 86.7. The number of ether oxygens (including phenoxy) is 4. The lowest BCUT2D eigenvalue weighted by atomic mass is 9.94. The van der Waals surface area contributed by atoms with Gasteiger partial charge in [-0.05, 0) is 314 Å². The molecule has 4 N–H and O–H groups in total. The van der Waals surface area contributed by atoms with E-state index in [2.05, 4.69) is 71.1 Å². The lowest BCUT2D eigenvalue weighted by molar-refractivity contribution is -0.137. The fourth-order valence-corrected chi connectivity index (χ4v) is 19.0. The lowest BCUT2D eigenvalue weighted by Crippen LogP contribution is -2.37. The molecule has 8 heterocycles. The molecule has 8 aliphatic heterocycles. The van der Waals surface area contributed by atoms with Crippen LogP contribution in [-0.4, -0.2) is 219 Å². The molecule has 0 spiro atoms. The molecule has 32 nitrogen and oxygen atoms in total. The highest BCUT2D eigenvalue weighted by Crippen LogP contribution is 2.34. The molecule has 12 rings (SSSR count). The Kier molecular flexibility index (Phi) is 52.3. The number of aryl methyl sites for hydroxylation is 8. The molecule has 0 bridgehead atoms. The van der Waals surface area contributed by atoms with Gasteiger partial charge in [0.05, 0.1) is 45.1 Å². The molecule has 4 amide bonds. The quantitative estimate of drug-likeness (QED) is 0.0140. The van der Waals surface area contributed by atoms with E-state index in [1.807, 2.05) is 178 Å². The molecule has 4 aromatic carbocycles. The van der Waals surface area contributed by atoms with Crippen molar-refractivity contribution in [3.05, 3.63) is 254 Å². The summed E-state index contributed by atoms with van der Waals surface area (Å²) in [7, 11) is 0. The minimum Gasteiger partial charge on any atom is -0.458 e. The van der Waals surface area contributed by atoms with Gasteiger partial charge in [-0.1, -0.05) is 174 Å². The molecule has 0 radical (unpaired) electrons. The van der Waals surface area contributed by atoms with Gasteiger partial charge in [-0.2, -0.15) is 0 Å². The van der Waals surface area contributed by atoms with Crippen molar-refractivity contribution in [1.29, 1.82) is 0 Å². The highest BCUT2D eigenvalue weighted by atomic mass is 35.5. The maximum Gasteiger partial charge on any atom is 0.339 e. The predicted molar refractivity (Wildman–Crippen MR) is 574 cm³/mol. The summed E-state index contributed by atoms with van der Waals surface area (Å²) in [6.07, 6.45) is 55.7. The second-order valence-electron chi connectivity index (χ2n) is 38.0. The summed E-state index contributed by atoms with van der Waals surface area (Å²) in [5.41, 5.74) is 43.0. The molecule has 146 heavy (non-hydrogen) atoms. The fourth-order valence-electron chi connectivity index (χ4n) is 18.5. The number of amides is 4. The standard InChI is InChI=1S/C28H36ClN5O4.C28H38ClN3O4.C28H37N5O4.C28H39N3O4/c1-20-17-21(2)27(29)24-18-22(32-37-19-25(35)34-15-9-6-10-16-34)11-7-4-3-5-8-12-23(13-14-31-33-30)38-28(36)26(20)24;1-20-17-21(2)27(29)24-18-22(31-35-19-25(33)32-15-9-6-10-16-32)11-7-4-3-5-8-12-23(13-14-30)36-28(34)26(20)24;1-21-17-22(2)27-23(18-21)19-24(31-36-20-26(34)33-15-9-6-10-16-33)11-7-4-3-5-8-12-25(37-28(27)35)13-14-30-32-29;1-21-17-22(2)27-23(18-21)19-24(30-34-20-26(32)31-15-9-6-10-16-31)11-7-4-3-5-8-12-25(13-14-29)35-28(27)33/h5,7-8,11,17,23H,3-4,6,9-10,12-16,18-19H2,1-2H3;5,7-8,11,17,23H,3-4,6,9-10,12-16,18-19,30H2,1-2H3;5,7-8,11,17-18,25H,3-4,6,9-10,12-16,19-20H2,1-2H3;5,7-8,11,17-18,25H,3-4,6,9-10,12-16,19-20,29H2,1-2H3/b8-5+,11-7+,32-22?;8-5+,11-7+,31-22?;8-5+,11-7+,31-24?;8-5+,11-7+,30-24?. The Bertz CT molecular complexity index is 5520. The van der Waals surface area contributed by atoms with Crippen molar-refractivity contribution in [3.63, 3.8) is 0 Å². The van der Waals surface area contributed by atoms with Gasteiger partial charge in [-0.25, -0.2) is 19.2 Å². The summed E-state index contributed by atoms with van der Waals surface area (Å²) in [6, 6.07) is 11.7. The minimum atomic E-state index is -0.486. The van der Waals surface area contributed by atoms with Gasteiger partial charge in [0.1, 0.15) is 24.4 Å². The van der Waals surface area contributed by atoms with Crippen molar-refractivity contribution in [2.24, 2.45) is 42.3 Å². The fraction of sp³-hybridized carbons (Fsp3) is 0.536. The van der Waals surface area contributed by atoms with E-state index in [9.17, 15) is 38.4 Å². The number of fused-ring (bicyclic) bond motifs is 4. The molecule has 4 unspecified atom stereocenters. The van der Waals surface area contributed by atoms with Crippen LogP contribution >= 0.6 is 23.2 Å². The van der Waals surface area contributed by atoms with E-state index in [-0.39, 0.29) is 94.2 Å². The number of carbonyl (C=O) groups excluding carboxylic acids is 8. The number of rotatable bonds is 22. The number of hydrogen-bond donors (Lipinski definition) is 2. The molecule has 0 aliphatic carbocycles. The number of nitrogens with two attached hydrogens (primary N) is 2. The van der Waals surface area contributed by atoms with Crippen LogP contribution < -0.4 is 11.5 Å². The molecule has 0 aromatic heterocycles. The molecule has 34 heteroatoms. The number of hydrogen-bond acceptors (Lipinski definition) is 24. The van der Waals surface area contributed by atoms with Crippen molar-refractivity contribution in [3.8, 4) is 0 Å². The van der Waals surface area contributed by atoms with Crippen LogP contribution in [0, 0.1) is 55.4 Å². The van der Waals surface area contributed by atoms with Crippen molar-refractivity contribution < 1.29 is 76.7 Å². The van der Waals surface area contributed by atoms with Crippen LogP contribution in [0.1, 0.15) is 288 Å². The Labute approximate surface area is 870 Å². The lowest BCUT2D eigenvalue weighted by Gasteiger charge is -2.26. The van der Waals surface area contributed by atoms with Gasteiger partial charge >= 0.3 is 23.9 Å². The van der Waals surface area contributed by atoms with E-state index in [1.165, 1.54) is 6.42 Å². The van der Waals surface area contributed by atoms with Crippen LogP contribution in [-0.2, 0) is 83.2 Å².